The number of aromatic nitrogens is 1. The number of aryl methyl sites for hydroxylation is 2. The van der Waals surface area contributed by atoms with Gasteiger partial charge >= 0.3 is 5.63 Å². The molecule has 0 radical (unpaired) electrons. The van der Waals surface area contributed by atoms with Crippen molar-refractivity contribution in [2.24, 2.45) is 0 Å². The largest absolute Gasteiger partial charge is 0.427 e. The van der Waals surface area contributed by atoms with Crippen LogP contribution in [0.1, 0.15) is 46.0 Å². The molecule has 3 rings (SSSR count). The van der Waals surface area contributed by atoms with E-state index < -0.39 is 11.5 Å². The van der Waals surface area contributed by atoms with Crippen LogP contribution in [0.2, 0.25) is 0 Å². The standard InChI is InChI=1S/C18H21N3O3.2ClH/c1-11-5-3-8-20-16(11)21-17(22)15-12(2)9-14(24-18(15)23)13-6-4-7-19-10-13;;/h3,5,8-9,13,19H,4,6-7,10H2,1-2H3,(H,20,21,22);2*1H. The number of nitrogens with zero attached hydrogens (tertiary/aromatic N) is 1. The van der Waals surface area contributed by atoms with Crippen molar-refractivity contribution in [2.75, 3.05) is 18.4 Å². The van der Waals surface area contributed by atoms with E-state index in [1.165, 1.54) is 0 Å². The Balaban J connectivity index is 0.00000169. The van der Waals surface area contributed by atoms with E-state index >= 15 is 0 Å². The lowest BCUT2D eigenvalue weighted by Crippen LogP contribution is -2.30. The Bertz CT molecular complexity index is 818. The number of halogens is 2. The highest BCUT2D eigenvalue weighted by Gasteiger charge is 2.22. The minimum atomic E-state index is -0.596. The van der Waals surface area contributed by atoms with Crippen LogP contribution >= 0.6 is 24.8 Å². The molecule has 2 aromatic heterocycles. The van der Waals surface area contributed by atoms with Gasteiger partial charge in [-0.25, -0.2) is 9.78 Å². The second-order valence-corrected chi connectivity index (χ2v) is 6.16. The van der Waals surface area contributed by atoms with Crippen LogP contribution < -0.4 is 16.3 Å². The highest BCUT2D eigenvalue weighted by Crippen LogP contribution is 2.24. The zero-order valence-electron chi connectivity index (χ0n) is 14.7. The molecule has 26 heavy (non-hydrogen) atoms. The highest BCUT2D eigenvalue weighted by molar-refractivity contribution is 6.04. The second kappa shape index (κ2) is 9.71. The predicted octanol–water partition coefficient (Wildman–Crippen LogP) is 3.21. The summed E-state index contributed by atoms with van der Waals surface area (Å²) in [6.07, 6.45) is 3.62. The summed E-state index contributed by atoms with van der Waals surface area (Å²) in [7, 11) is 0. The van der Waals surface area contributed by atoms with Crippen molar-refractivity contribution in [1.29, 1.82) is 0 Å². The number of piperidine rings is 1. The fourth-order valence-corrected chi connectivity index (χ4v) is 2.99. The van der Waals surface area contributed by atoms with Crippen molar-refractivity contribution in [3.63, 3.8) is 0 Å². The first-order chi connectivity index (χ1) is 11.6. The molecule has 0 spiro atoms. The van der Waals surface area contributed by atoms with Crippen molar-refractivity contribution in [2.45, 2.75) is 32.6 Å². The van der Waals surface area contributed by atoms with E-state index in [0.29, 0.717) is 17.1 Å². The van der Waals surface area contributed by atoms with Crippen LogP contribution in [0, 0.1) is 13.8 Å². The first-order valence-corrected chi connectivity index (χ1v) is 8.14. The maximum absolute atomic E-state index is 12.5. The molecular weight excluding hydrogens is 377 g/mol. The molecule has 6 nitrogen and oxygen atoms in total. The quantitative estimate of drug-likeness (QED) is 0.827. The summed E-state index contributed by atoms with van der Waals surface area (Å²) < 4.78 is 5.44. The van der Waals surface area contributed by atoms with Crippen LogP contribution in [0.4, 0.5) is 5.82 Å². The van der Waals surface area contributed by atoms with Crippen molar-refractivity contribution < 1.29 is 9.21 Å². The Labute approximate surface area is 164 Å². The van der Waals surface area contributed by atoms with Gasteiger partial charge < -0.3 is 15.1 Å². The van der Waals surface area contributed by atoms with Gasteiger partial charge in [-0.3, -0.25) is 4.79 Å². The molecule has 0 bridgehead atoms. The lowest BCUT2D eigenvalue weighted by molar-refractivity contribution is 0.102. The topological polar surface area (TPSA) is 84.2 Å². The average Bonchev–Trinajstić information content (AvgIpc) is 2.57. The van der Waals surface area contributed by atoms with Crippen molar-refractivity contribution in [3.05, 3.63) is 57.3 Å². The number of amides is 1. The van der Waals surface area contributed by atoms with Crippen molar-refractivity contribution in [3.8, 4) is 0 Å². The summed E-state index contributed by atoms with van der Waals surface area (Å²) in [5.74, 6) is 0.786. The lowest BCUT2D eigenvalue weighted by atomic mass is 9.95. The number of rotatable bonds is 3. The van der Waals surface area contributed by atoms with Gasteiger partial charge in [0.2, 0.25) is 0 Å². The summed E-state index contributed by atoms with van der Waals surface area (Å²) in [4.78, 5) is 28.9. The number of hydrogen-bond acceptors (Lipinski definition) is 5. The van der Waals surface area contributed by atoms with Gasteiger partial charge in [0.15, 0.2) is 0 Å². The number of carbonyl (C=O) groups is 1. The van der Waals surface area contributed by atoms with Crippen LogP contribution in [0.5, 0.6) is 0 Å². The maximum atomic E-state index is 12.5. The summed E-state index contributed by atoms with van der Waals surface area (Å²) in [5, 5.41) is 5.98. The molecule has 1 saturated heterocycles. The molecule has 2 N–H and O–H groups in total. The molecule has 0 aromatic carbocycles. The number of carbonyl (C=O) groups excluding carboxylic acids is 1. The predicted molar refractivity (Wildman–Crippen MR) is 106 cm³/mol. The molecule has 1 amide bonds. The van der Waals surface area contributed by atoms with Gasteiger partial charge in [-0.15, -0.1) is 24.8 Å². The molecule has 8 heteroatoms. The molecule has 3 heterocycles. The molecule has 1 atom stereocenters. The fraction of sp³-hybridized carbons (Fsp3) is 0.389. The number of nitrogens with one attached hydrogen (secondary N) is 2. The Morgan fingerprint density at radius 1 is 1.31 bits per heavy atom. The van der Waals surface area contributed by atoms with Crippen molar-refractivity contribution in [1.82, 2.24) is 10.3 Å². The van der Waals surface area contributed by atoms with Crippen LogP contribution in [0.25, 0.3) is 0 Å². The first kappa shape index (κ1) is 22.2. The van der Waals surface area contributed by atoms with Gasteiger partial charge in [-0.1, -0.05) is 6.07 Å². The minimum Gasteiger partial charge on any atom is -0.427 e. The third-order valence-corrected chi connectivity index (χ3v) is 4.34. The molecule has 1 fully saturated rings. The minimum absolute atomic E-state index is 0. The number of hydrogen-bond donors (Lipinski definition) is 2. The van der Waals surface area contributed by atoms with Crippen LogP contribution in [0.3, 0.4) is 0 Å². The summed E-state index contributed by atoms with van der Waals surface area (Å²) in [6.45, 7) is 5.39. The maximum Gasteiger partial charge on any atom is 0.349 e. The normalized spacial score (nSPS) is 16.2. The first-order valence-electron chi connectivity index (χ1n) is 8.14. The second-order valence-electron chi connectivity index (χ2n) is 6.16. The van der Waals surface area contributed by atoms with Gasteiger partial charge in [0.05, 0.1) is 0 Å². The van der Waals surface area contributed by atoms with E-state index in [-0.39, 0.29) is 36.3 Å². The van der Waals surface area contributed by atoms with E-state index in [2.05, 4.69) is 15.6 Å². The molecule has 0 aliphatic carbocycles. The van der Waals surface area contributed by atoms with Gasteiger partial charge in [0.25, 0.3) is 5.91 Å². The Hall–Kier alpha value is -1.89. The molecule has 1 aliphatic rings. The highest BCUT2D eigenvalue weighted by atomic mass is 35.5. The van der Waals surface area contributed by atoms with Gasteiger partial charge in [0.1, 0.15) is 17.1 Å². The SMILES string of the molecule is Cc1cccnc1NC(=O)c1c(C)cc(C2CCCNC2)oc1=O.Cl.Cl. The molecule has 0 saturated carbocycles. The zero-order valence-corrected chi connectivity index (χ0v) is 16.3. The third kappa shape index (κ3) is 4.84. The van der Waals surface area contributed by atoms with Gasteiger partial charge in [0, 0.05) is 18.7 Å². The summed E-state index contributed by atoms with van der Waals surface area (Å²) in [5.41, 5.74) is 0.893. The van der Waals surface area contributed by atoms with E-state index in [0.717, 1.165) is 31.5 Å². The van der Waals surface area contributed by atoms with Crippen molar-refractivity contribution >= 4 is 36.5 Å². The zero-order chi connectivity index (χ0) is 17.1. The molecular formula is C18H23Cl2N3O3. The van der Waals surface area contributed by atoms with Gasteiger partial charge in [-0.2, -0.15) is 0 Å². The van der Waals surface area contributed by atoms with Crippen LogP contribution in [-0.2, 0) is 0 Å². The molecule has 1 aliphatic heterocycles. The smallest absolute Gasteiger partial charge is 0.349 e. The van der Waals surface area contributed by atoms with E-state index in [1.54, 1.807) is 25.3 Å². The Kier molecular flexibility index (Phi) is 8.27. The number of pyridine rings is 1. The van der Waals surface area contributed by atoms with Gasteiger partial charge in [-0.05, 0) is 56.5 Å². The molecule has 142 valence electrons. The fourth-order valence-electron chi connectivity index (χ4n) is 2.99. The average molecular weight is 400 g/mol. The van der Waals surface area contributed by atoms with Crippen LogP contribution in [-0.4, -0.2) is 24.0 Å². The lowest BCUT2D eigenvalue weighted by Gasteiger charge is -2.22. The third-order valence-electron chi connectivity index (χ3n) is 4.34. The summed E-state index contributed by atoms with van der Waals surface area (Å²) >= 11 is 0. The Morgan fingerprint density at radius 2 is 2.08 bits per heavy atom. The molecule has 2 aromatic rings. The van der Waals surface area contributed by atoms with Crippen LogP contribution in [0.15, 0.2) is 33.6 Å². The van der Waals surface area contributed by atoms with E-state index in [1.807, 2.05) is 13.0 Å². The monoisotopic (exact) mass is 399 g/mol. The molecule has 1 unspecified atom stereocenters. The van der Waals surface area contributed by atoms with E-state index in [4.69, 9.17) is 4.42 Å². The number of anilines is 1. The summed E-state index contributed by atoms with van der Waals surface area (Å²) in [6, 6.07) is 5.44. The Morgan fingerprint density at radius 3 is 2.69 bits per heavy atom. The van der Waals surface area contributed by atoms with E-state index in [9.17, 15) is 9.59 Å².